The van der Waals surface area contributed by atoms with Crippen LogP contribution < -0.4 is 11.1 Å². The van der Waals surface area contributed by atoms with Gasteiger partial charge in [-0.25, -0.2) is 4.52 Å². The minimum Gasteiger partial charge on any atom is -0.381 e. The monoisotopic (exact) mass is 421 g/mol. The van der Waals surface area contributed by atoms with Gasteiger partial charge in [0.15, 0.2) is 0 Å². The van der Waals surface area contributed by atoms with Crippen molar-refractivity contribution in [2.75, 3.05) is 5.32 Å². The molecule has 5 nitrogen and oxygen atoms in total. The van der Waals surface area contributed by atoms with E-state index in [-0.39, 0.29) is 0 Å². The summed E-state index contributed by atoms with van der Waals surface area (Å²) in [6, 6.07) is 26.1. The van der Waals surface area contributed by atoms with Gasteiger partial charge in [0.2, 0.25) is 0 Å². The van der Waals surface area contributed by atoms with E-state index in [1.54, 1.807) is 6.20 Å². The zero-order valence-corrected chi connectivity index (χ0v) is 18.0. The van der Waals surface area contributed by atoms with Crippen molar-refractivity contribution in [3.05, 3.63) is 89.7 Å². The number of fused-ring (bicyclic) bond motifs is 1. The number of nitrogens with one attached hydrogen (secondary N) is 1. The van der Waals surface area contributed by atoms with Crippen molar-refractivity contribution in [3.8, 4) is 17.2 Å². The maximum atomic E-state index is 9.87. The highest BCUT2D eigenvalue weighted by molar-refractivity contribution is 5.74. The van der Waals surface area contributed by atoms with Crippen LogP contribution in [0.2, 0.25) is 0 Å². The van der Waals surface area contributed by atoms with Gasteiger partial charge >= 0.3 is 0 Å². The first-order valence-electron chi connectivity index (χ1n) is 11.3. The fraction of sp³-hybridized carbons (Fsp3) is 0.259. The van der Waals surface area contributed by atoms with Crippen molar-refractivity contribution in [3.63, 3.8) is 0 Å². The minimum atomic E-state index is 0.301. The van der Waals surface area contributed by atoms with Gasteiger partial charge < -0.3 is 11.1 Å². The first kappa shape index (κ1) is 20.3. The lowest BCUT2D eigenvalue weighted by atomic mass is 9.91. The molecule has 160 valence electrons. The van der Waals surface area contributed by atoms with Gasteiger partial charge in [-0.2, -0.15) is 10.4 Å². The Bertz CT molecular complexity index is 1240. The van der Waals surface area contributed by atoms with Crippen LogP contribution in [0.15, 0.2) is 72.9 Å². The van der Waals surface area contributed by atoms with Crippen LogP contribution in [-0.4, -0.2) is 21.7 Å². The lowest BCUT2D eigenvalue weighted by Gasteiger charge is -2.28. The molecule has 0 radical (unpaired) electrons. The number of nitriles is 1. The summed E-state index contributed by atoms with van der Waals surface area (Å²) in [6.07, 6.45) is 6.62. The number of hydrogen-bond donors (Lipinski definition) is 2. The molecular formula is C27H27N5. The molecule has 2 aromatic heterocycles. The zero-order valence-electron chi connectivity index (χ0n) is 18.0. The van der Waals surface area contributed by atoms with Crippen molar-refractivity contribution in [1.29, 1.82) is 5.26 Å². The SMILES string of the molecule is N#Cc1c(N[C@H]2CC[C@H](N)CC2)cc(Cc2ccc(-c3ccccc3)cc2)n2nccc12. The maximum absolute atomic E-state index is 9.87. The van der Waals surface area contributed by atoms with Crippen LogP contribution in [0.25, 0.3) is 16.6 Å². The number of nitrogens with two attached hydrogens (primary N) is 1. The van der Waals surface area contributed by atoms with E-state index in [2.05, 4.69) is 71.1 Å². The molecule has 0 aliphatic heterocycles. The second kappa shape index (κ2) is 8.86. The molecule has 1 saturated carbocycles. The molecule has 3 N–H and O–H groups in total. The van der Waals surface area contributed by atoms with Crippen LogP contribution in [-0.2, 0) is 6.42 Å². The second-order valence-corrected chi connectivity index (χ2v) is 8.66. The Hall–Kier alpha value is -3.62. The maximum Gasteiger partial charge on any atom is 0.104 e. The highest BCUT2D eigenvalue weighted by Gasteiger charge is 2.21. The summed E-state index contributed by atoms with van der Waals surface area (Å²) >= 11 is 0. The third-order valence-corrected chi connectivity index (χ3v) is 6.44. The molecule has 0 saturated heterocycles. The fourth-order valence-corrected chi connectivity index (χ4v) is 4.65. The van der Waals surface area contributed by atoms with Gasteiger partial charge in [-0.05, 0) is 54.5 Å². The predicted molar refractivity (Wildman–Crippen MR) is 128 cm³/mol. The van der Waals surface area contributed by atoms with Crippen molar-refractivity contribution < 1.29 is 0 Å². The van der Waals surface area contributed by atoms with E-state index < -0.39 is 0 Å². The average molecular weight is 422 g/mol. The average Bonchev–Trinajstić information content (AvgIpc) is 3.32. The predicted octanol–water partition coefficient (Wildman–Crippen LogP) is 5.15. The van der Waals surface area contributed by atoms with Gasteiger partial charge in [-0.1, -0.05) is 54.6 Å². The van der Waals surface area contributed by atoms with Gasteiger partial charge in [0.05, 0.1) is 17.4 Å². The number of rotatable bonds is 5. The molecule has 0 unspecified atom stereocenters. The van der Waals surface area contributed by atoms with Gasteiger partial charge in [0.1, 0.15) is 11.6 Å². The van der Waals surface area contributed by atoms with E-state index in [0.717, 1.165) is 49.0 Å². The van der Waals surface area contributed by atoms with E-state index in [1.165, 1.54) is 16.7 Å². The van der Waals surface area contributed by atoms with Crippen LogP contribution in [0.1, 0.15) is 42.5 Å². The van der Waals surface area contributed by atoms with Crippen molar-refractivity contribution in [2.45, 2.75) is 44.2 Å². The van der Waals surface area contributed by atoms with Gasteiger partial charge in [0.25, 0.3) is 0 Å². The largest absolute Gasteiger partial charge is 0.381 e. The van der Waals surface area contributed by atoms with Gasteiger partial charge in [-0.3, -0.25) is 0 Å². The van der Waals surface area contributed by atoms with Crippen LogP contribution in [0.5, 0.6) is 0 Å². The number of anilines is 1. The molecule has 1 fully saturated rings. The summed E-state index contributed by atoms with van der Waals surface area (Å²) in [6.45, 7) is 0. The van der Waals surface area contributed by atoms with Gasteiger partial charge in [-0.15, -0.1) is 0 Å². The Balaban J connectivity index is 1.44. The minimum absolute atomic E-state index is 0.301. The summed E-state index contributed by atoms with van der Waals surface area (Å²) in [7, 11) is 0. The molecule has 0 amide bonds. The van der Waals surface area contributed by atoms with E-state index in [1.807, 2.05) is 16.6 Å². The molecule has 1 aliphatic carbocycles. The highest BCUT2D eigenvalue weighted by Crippen LogP contribution is 2.28. The summed E-state index contributed by atoms with van der Waals surface area (Å²) in [5.41, 5.74) is 13.2. The molecule has 4 aromatic rings. The van der Waals surface area contributed by atoms with E-state index in [4.69, 9.17) is 5.73 Å². The zero-order chi connectivity index (χ0) is 21.9. The van der Waals surface area contributed by atoms with Crippen LogP contribution in [0.4, 0.5) is 5.69 Å². The van der Waals surface area contributed by atoms with Crippen molar-refractivity contribution in [1.82, 2.24) is 9.61 Å². The third kappa shape index (κ3) is 4.10. The van der Waals surface area contributed by atoms with Crippen LogP contribution in [0, 0.1) is 11.3 Å². The smallest absolute Gasteiger partial charge is 0.104 e. The number of benzene rings is 2. The molecule has 2 heterocycles. The molecule has 32 heavy (non-hydrogen) atoms. The highest BCUT2D eigenvalue weighted by atomic mass is 15.2. The van der Waals surface area contributed by atoms with Gasteiger partial charge in [0, 0.05) is 24.2 Å². The Kier molecular flexibility index (Phi) is 5.62. The molecule has 2 aromatic carbocycles. The van der Waals surface area contributed by atoms with Crippen LogP contribution in [0.3, 0.4) is 0 Å². The summed E-state index contributed by atoms with van der Waals surface area (Å²) in [4.78, 5) is 0. The standard InChI is InChI=1S/C27H27N5/c28-18-25-26(31-23-12-10-22(29)11-13-23)17-24(32-27(25)14-15-30-32)16-19-6-8-21(9-7-19)20-4-2-1-3-5-20/h1-9,14-15,17,22-23,31H,10-13,16,29H2/t22-,23-. The number of aromatic nitrogens is 2. The molecule has 1 aliphatic rings. The molecule has 0 spiro atoms. The first-order valence-corrected chi connectivity index (χ1v) is 11.3. The Labute approximate surface area is 188 Å². The summed E-state index contributed by atoms with van der Waals surface area (Å²) in [5.74, 6) is 0. The lowest BCUT2D eigenvalue weighted by molar-refractivity contribution is 0.411. The Morgan fingerprint density at radius 3 is 2.41 bits per heavy atom. The molecular weight excluding hydrogens is 394 g/mol. The second-order valence-electron chi connectivity index (χ2n) is 8.66. The van der Waals surface area contributed by atoms with Crippen molar-refractivity contribution in [2.24, 2.45) is 5.73 Å². The van der Waals surface area contributed by atoms with Crippen LogP contribution >= 0.6 is 0 Å². The summed E-state index contributed by atoms with van der Waals surface area (Å²) in [5, 5.41) is 18.0. The first-order chi connectivity index (χ1) is 15.7. The number of nitrogens with zero attached hydrogens (tertiary/aromatic N) is 3. The third-order valence-electron chi connectivity index (χ3n) is 6.44. The molecule has 5 heteroatoms. The van der Waals surface area contributed by atoms with Crippen molar-refractivity contribution >= 4 is 11.2 Å². The van der Waals surface area contributed by atoms with E-state index in [9.17, 15) is 5.26 Å². The Morgan fingerprint density at radius 1 is 0.969 bits per heavy atom. The lowest BCUT2D eigenvalue weighted by Crippen LogP contribution is -2.33. The molecule has 5 rings (SSSR count). The summed E-state index contributed by atoms with van der Waals surface area (Å²) < 4.78 is 1.89. The number of hydrogen-bond acceptors (Lipinski definition) is 4. The quantitative estimate of drug-likeness (QED) is 0.467. The number of pyridine rings is 1. The fourth-order valence-electron chi connectivity index (χ4n) is 4.65. The van der Waals surface area contributed by atoms with E-state index >= 15 is 0 Å². The molecule has 0 bridgehead atoms. The Morgan fingerprint density at radius 2 is 1.69 bits per heavy atom. The molecule has 0 atom stereocenters. The van der Waals surface area contributed by atoms with E-state index in [0.29, 0.717) is 17.6 Å². The topological polar surface area (TPSA) is 79.1 Å². The normalized spacial score (nSPS) is 18.4.